The number of anilines is 6. The van der Waals surface area contributed by atoms with Gasteiger partial charge in [-0.05, 0) is 134 Å². The average molecular weight is 1010 g/mol. The SMILES string of the molecule is CC(C)(C)c1ccc(N(c2ccc([Si](C)(C)C)cc2)c2ccc3c(c2)C2(c4ccccc4-c4ccccc42)c2cc(N(c4ccc(C(C)(C)C)cc4)c4ccc([Si](C)(C)C)cc4)c4c(sc5ccccc54)c2-3)cc1. The fourth-order valence-electron chi connectivity index (χ4n) is 12.1. The van der Waals surface area contributed by atoms with Crippen LogP contribution in [0.2, 0.25) is 39.3 Å². The van der Waals surface area contributed by atoms with Gasteiger partial charge in [0.25, 0.3) is 0 Å². The molecule has 0 amide bonds. The van der Waals surface area contributed by atoms with Crippen molar-refractivity contribution < 1.29 is 0 Å². The lowest BCUT2D eigenvalue weighted by molar-refractivity contribution is 0.590. The van der Waals surface area contributed by atoms with Gasteiger partial charge in [0.2, 0.25) is 0 Å². The minimum atomic E-state index is -1.58. The topological polar surface area (TPSA) is 6.48 Å². The predicted molar refractivity (Wildman–Crippen MR) is 328 cm³/mol. The molecule has 10 aromatic rings. The monoisotopic (exact) mass is 1010 g/mol. The number of nitrogens with zero attached hydrogens (tertiary/aromatic N) is 2. The lowest BCUT2D eigenvalue weighted by Crippen LogP contribution is -2.37. The van der Waals surface area contributed by atoms with E-state index >= 15 is 0 Å². The lowest BCUT2D eigenvalue weighted by Gasteiger charge is -2.34. The van der Waals surface area contributed by atoms with Crippen molar-refractivity contribution >= 4 is 92.2 Å². The molecule has 0 unspecified atom stereocenters. The summed E-state index contributed by atoms with van der Waals surface area (Å²) in [5, 5.41) is 5.51. The Morgan fingerprint density at radius 3 is 1.31 bits per heavy atom. The molecule has 0 radical (unpaired) electrons. The van der Waals surface area contributed by atoms with Crippen LogP contribution in [0.1, 0.15) is 74.9 Å². The van der Waals surface area contributed by atoms with Crippen molar-refractivity contribution in [1.82, 2.24) is 0 Å². The van der Waals surface area contributed by atoms with Crippen LogP contribution in [0.4, 0.5) is 34.1 Å². The van der Waals surface area contributed by atoms with E-state index in [9.17, 15) is 0 Å². The third-order valence-corrected chi connectivity index (χ3v) is 21.4. The highest BCUT2D eigenvalue weighted by molar-refractivity contribution is 7.26. The molecule has 1 heterocycles. The molecule has 2 nitrogen and oxygen atoms in total. The van der Waals surface area contributed by atoms with Crippen LogP contribution in [0.3, 0.4) is 0 Å². The fraction of sp³-hybridized carbons (Fsp3) is 0.217. The van der Waals surface area contributed by atoms with Crippen molar-refractivity contribution in [3.05, 3.63) is 228 Å². The zero-order chi connectivity index (χ0) is 51.7. The molecule has 0 N–H and O–H groups in total. The van der Waals surface area contributed by atoms with Gasteiger partial charge < -0.3 is 9.80 Å². The van der Waals surface area contributed by atoms with E-state index in [1.54, 1.807) is 0 Å². The Kier molecular flexibility index (Phi) is 11.2. The lowest BCUT2D eigenvalue weighted by atomic mass is 9.70. The van der Waals surface area contributed by atoms with Crippen molar-refractivity contribution in [2.75, 3.05) is 9.80 Å². The maximum Gasteiger partial charge on any atom is 0.0775 e. The zero-order valence-electron chi connectivity index (χ0n) is 45.3. The van der Waals surface area contributed by atoms with E-state index in [4.69, 9.17) is 0 Å². The third kappa shape index (κ3) is 7.68. The Morgan fingerprint density at radius 2 is 0.824 bits per heavy atom. The summed E-state index contributed by atoms with van der Waals surface area (Å²) >= 11 is 1.95. The van der Waals surface area contributed by atoms with Gasteiger partial charge in [-0.2, -0.15) is 0 Å². The van der Waals surface area contributed by atoms with Gasteiger partial charge in [0.05, 0.1) is 27.3 Å². The molecular weight excluding hydrogens is 945 g/mol. The fourth-order valence-corrected chi connectivity index (χ4v) is 15.7. The van der Waals surface area contributed by atoms with Crippen LogP contribution in [0.5, 0.6) is 0 Å². The first-order valence-corrected chi connectivity index (χ1v) is 34.4. The first-order chi connectivity index (χ1) is 35.2. The van der Waals surface area contributed by atoms with Gasteiger partial charge in [0.15, 0.2) is 0 Å². The van der Waals surface area contributed by atoms with Crippen molar-refractivity contribution in [3.63, 3.8) is 0 Å². The molecule has 0 bridgehead atoms. The number of fused-ring (bicyclic) bond motifs is 14. The maximum absolute atomic E-state index is 2.62. The molecule has 0 atom stereocenters. The van der Waals surface area contributed by atoms with Gasteiger partial charge >= 0.3 is 0 Å². The van der Waals surface area contributed by atoms with Crippen molar-refractivity contribution in [3.8, 4) is 22.3 Å². The minimum absolute atomic E-state index is 0.0237. The van der Waals surface area contributed by atoms with E-state index in [1.165, 1.54) is 97.6 Å². The van der Waals surface area contributed by atoms with E-state index in [2.05, 4.69) is 285 Å². The van der Waals surface area contributed by atoms with Crippen LogP contribution in [0, 0.1) is 0 Å². The molecule has 0 saturated carbocycles. The third-order valence-electron chi connectivity index (χ3n) is 16.1. The zero-order valence-corrected chi connectivity index (χ0v) is 48.1. The summed E-state index contributed by atoms with van der Waals surface area (Å²) in [4.78, 5) is 5.07. The molecule has 0 aliphatic heterocycles. The highest BCUT2D eigenvalue weighted by Crippen LogP contribution is 2.66. The second kappa shape index (κ2) is 17.1. The molecule has 5 heteroatoms. The molecule has 1 spiro atoms. The summed E-state index contributed by atoms with van der Waals surface area (Å²) in [6.45, 7) is 28.5. The van der Waals surface area contributed by atoms with Gasteiger partial charge in [0, 0.05) is 54.2 Å². The van der Waals surface area contributed by atoms with E-state index < -0.39 is 21.6 Å². The molecule has 2 aliphatic carbocycles. The molecule has 1 aromatic heterocycles. The summed E-state index contributed by atoms with van der Waals surface area (Å²) in [5.41, 5.74) is 19.7. The van der Waals surface area contributed by atoms with Crippen molar-refractivity contribution in [2.24, 2.45) is 0 Å². The Bertz CT molecular complexity index is 3640. The Hall–Kier alpha value is -6.77. The van der Waals surface area contributed by atoms with E-state index in [-0.39, 0.29) is 10.8 Å². The molecule has 368 valence electrons. The summed E-state index contributed by atoms with van der Waals surface area (Å²) in [7, 11) is -3.13. The standard InChI is InChI=1S/C69H68N2SSi2/c1-67(2,3)45-25-29-47(30-26-45)70(48-33-38-52(39-34-48)73(7,8)9)51-37-42-56-60(43-51)69(58-22-16-13-19-54(58)55-20-14-17-23-59(55)69)61-44-62(65-57-21-15-18-24-63(57)72-66(65)64(56)61)71(49-31-27-46(28-32-49)68(4,5)6)50-35-40-53(41-36-50)74(10,11)12/h13-44H,1-12H3. The summed E-state index contributed by atoms with van der Waals surface area (Å²) in [6.07, 6.45) is 0. The summed E-state index contributed by atoms with van der Waals surface area (Å²) < 4.78 is 2.63. The molecule has 74 heavy (non-hydrogen) atoms. The largest absolute Gasteiger partial charge is 0.310 e. The number of hydrogen-bond donors (Lipinski definition) is 0. The van der Waals surface area contributed by atoms with Gasteiger partial charge in [0.1, 0.15) is 0 Å². The first-order valence-electron chi connectivity index (χ1n) is 26.6. The minimum Gasteiger partial charge on any atom is -0.310 e. The van der Waals surface area contributed by atoms with Crippen LogP contribution < -0.4 is 20.2 Å². The molecule has 0 saturated heterocycles. The van der Waals surface area contributed by atoms with Crippen LogP contribution in [-0.2, 0) is 16.2 Å². The van der Waals surface area contributed by atoms with Gasteiger partial charge in [-0.25, -0.2) is 0 Å². The second-order valence-electron chi connectivity index (χ2n) is 25.0. The molecule has 12 rings (SSSR count). The molecule has 9 aromatic carbocycles. The highest BCUT2D eigenvalue weighted by atomic mass is 32.1. The van der Waals surface area contributed by atoms with Gasteiger partial charge in [-0.15, -0.1) is 11.3 Å². The number of benzene rings is 9. The maximum atomic E-state index is 2.62. The van der Waals surface area contributed by atoms with E-state index in [1.807, 2.05) is 11.3 Å². The first kappa shape index (κ1) is 48.2. The van der Waals surface area contributed by atoms with Crippen LogP contribution in [0.25, 0.3) is 42.4 Å². The van der Waals surface area contributed by atoms with Gasteiger partial charge in [-0.3, -0.25) is 0 Å². The highest BCUT2D eigenvalue weighted by Gasteiger charge is 2.53. The Morgan fingerprint density at radius 1 is 0.392 bits per heavy atom. The van der Waals surface area contributed by atoms with Crippen LogP contribution >= 0.6 is 11.3 Å². The average Bonchev–Trinajstić information content (AvgIpc) is 4.03. The van der Waals surface area contributed by atoms with Gasteiger partial charge in [-0.1, -0.05) is 213 Å². The second-order valence-corrected chi connectivity index (χ2v) is 36.3. The normalized spacial score (nSPS) is 13.8. The van der Waals surface area contributed by atoms with Crippen molar-refractivity contribution in [2.45, 2.75) is 97.1 Å². The molecule has 0 fully saturated rings. The predicted octanol–water partition coefficient (Wildman–Crippen LogP) is 19.0. The van der Waals surface area contributed by atoms with E-state index in [0.29, 0.717) is 0 Å². The Balaban J connectivity index is 1.18. The molecular formula is C69H68N2SSi2. The van der Waals surface area contributed by atoms with E-state index in [0.717, 1.165) is 22.7 Å². The van der Waals surface area contributed by atoms with Crippen molar-refractivity contribution in [1.29, 1.82) is 0 Å². The number of hydrogen-bond acceptors (Lipinski definition) is 3. The number of thiophene rings is 1. The Labute approximate surface area is 446 Å². The van der Waals surface area contributed by atoms with Crippen LogP contribution in [0.15, 0.2) is 194 Å². The van der Waals surface area contributed by atoms with Crippen LogP contribution in [-0.4, -0.2) is 16.1 Å². The number of rotatable bonds is 8. The molecule has 2 aliphatic rings. The summed E-state index contributed by atoms with van der Waals surface area (Å²) in [6, 6.07) is 75.5. The quantitative estimate of drug-likeness (QED) is 0.140. The summed E-state index contributed by atoms with van der Waals surface area (Å²) in [5.74, 6) is 0. The smallest absolute Gasteiger partial charge is 0.0775 e.